The second kappa shape index (κ2) is 8.19. The van der Waals surface area contributed by atoms with Crippen LogP contribution in [0.3, 0.4) is 0 Å². The van der Waals surface area contributed by atoms with Gasteiger partial charge in [0.05, 0.1) is 0 Å². The van der Waals surface area contributed by atoms with Crippen LogP contribution in [0.15, 0.2) is 0 Å². The molecule has 0 saturated carbocycles. The van der Waals surface area contributed by atoms with Gasteiger partial charge in [0.1, 0.15) is 0 Å². The van der Waals surface area contributed by atoms with E-state index in [1.54, 1.807) is 0 Å². The molecule has 0 N–H and O–H groups in total. The van der Waals surface area contributed by atoms with Gasteiger partial charge in [-0.05, 0) is 57.2 Å². The van der Waals surface area contributed by atoms with E-state index in [9.17, 15) is 0 Å². The Morgan fingerprint density at radius 1 is 0.909 bits per heavy atom. The van der Waals surface area contributed by atoms with Crippen molar-refractivity contribution in [3.8, 4) is 0 Å². The van der Waals surface area contributed by atoms with Gasteiger partial charge in [0.25, 0.3) is 0 Å². The lowest BCUT2D eigenvalue weighted by Gasteiger charge is -2.44. The molecule has 1 saturated heterocycles. The highest BCUT2D eigenvalue weighted by molar-refractivity contribution is 6.89. The summed E-state index contributed by atoms with van der Waals surface area (Å²) in [6, 6.07) is 2.06. The first-order valence-electron chi connectivity index (χ1n) is 8.61. The molecule has 1 radical (unpaired) electrons. The lowest BCUT2D eigenvalue weighted by molar-refractivity contribution is 0.241. The van der Waals surface area contributed by atoms with Gasteiger partial charge in [-0.25, -0.2) is 0 Å². The summed E-state index contributed by atoms with van der Waals surface area (Å²) < 4.78 is 26.0. The zero-order chi connectivity index (χ0) is 17.0. The predicted octanol–water partition coefficient (Wildman–Crippen LogP) is 4.88. The molecule has 0 aromatic rings. The second-order valence-corrected chi connectivity index (χ2v) is 20.6. The molecule has 1 aliphatic rings. The summed E-state index contributed by atoms with van der Waals surface area (Å²) in [5.41, 5.74) is 0. The molecule has 0 amide bonds. The molecule has 8 heteroatoms. The van der Waals surface area contributed by atoms with Gasteiger partial charge in [-0.1, -0.05) is 33.6 Å². The Morgan fingerprint density at radius 3 is 1.82 bits per heavy atom. The van der Waals surface area contributed by atoms with E-state index < -0.39 is 35.0 Å². The van der Waals surface area contributed by atoms with Crippen molar-refractivity contribution < 1.29 is 16.5 Å². The minimum Gasteiger partial charge on any atom is -0.416 e. The van der Waals surface area contributed by atoms with E-state index in [1.165, 1.54) is 6.42 Å². The maximum absolute atomic E-state index is 6.55. The van der Waals surface area contributed by atoms with Crippen LogP contribution in [-0.4, -0.2) is 35.0 Å². The third-order valence-electron chi connectivity index (χ3n) is 3.55. The van der Waals surface area contributed by atoms with Crippen LogP contribution >= 0.6 is 0 Å². The van der Waals surface area contributed by atoms with Crippen molar-refractivity contribution in [3.63, 3.8) is 0 Å². The highest BCUT2D eigenvalue weighted by Crippen LogP contribution is 2.31. The van der Waals surface area contributed by atoms with Crippen molar-refractivity contribution in [2.75, 3.05) is 0 Å². The maximum Gasteiger partial charge on any atom is 0.365 e. The van der Waals surface area contributed by atoms with Gasteiger partial charge in [-0.3, -0.25) is 0 Å². The lowest BCUT2D eigenvalue weighted by atomic mass is 10.2. The summed E-state index contributed by atoms with van der Waals surface area (Å²) in [5, 5.41) is 0. The summed E-state index contributed by atoms with van der Waals surface area (Å²) >= 11 is 0. The molecule has 1 rings (SSSR count). The molecule has 0 unspecified atom stereocenters. The van der Waals surface area contributed by atoms with E-state index in [0.717, 1.165) is 24.9 Å². The zero-order valence-corrected chi connectivity index (χ0v) is 19.7. The molecule has 0 bridgehead atoms. The Hall–Kier alpha value is 0.708. The van der Waals surface area contributed by atoms with Crippen LogP contribution in [0.4, 0.5) is 0 Å². The summed E-state index contributed by atoms with van der Waals surface area (Å²) in [6.07, 6.45) is 3.47. The van der Waals surface area contributed by atoms with Crippen LogP contribution < -0.4 is 0 Å². The van der Waals surface area contributed by atoms with E-state index in [1.807, 2.05) is 0 Å². The van der Waals surface area contributed by atoms with E-state index in [4.69, 9.17) is 16.5 Å². The van der Waals surface area contributed by atoms with Crippen LogP contribution in [-0.2, 0) is 16.5 Å². The van der Waals surface area contributed by atoms with E-state index in [2.05, 4.69) is 53.5 Å². The Kier molecular flexibility index (Phi) is 7.73. The quantitative estimate of drug-likeness (QED) is 0.616. The highest BCUT2D eigenvalue weighted by atomic mass is 28.5. The average molecular weight is 380 g/mol. The molecule has 1 aliphatic heterocycles. The van der Waals surface area contributed by atoms with Crippen molar-refractivity contribution in [2.45, 2.75) is 84.9 Å². The number of unbranched alkanes of at least 4 members (excludes halogenated alkanes) is 1. The monoisotopic (exact) mass is 379 g/mol. The van der Waals surface area contributed by atoms with Gasteiger partial charge in [0.2, 0.25) is 0 Å². The molecule has 0 aromatic heterocycles. The molecular weight excluding hydrogens is 344 g/mol. The minimum atomic E-state index is -2.20. The normalized spacial score (nSPS) is 25.0. The van der Waals surface area contributed by atoms with Crippen LogP contribution in [0.25, 0.3) is 0 Å². The molecule has 4 nitrogen and oxygen atoms in total. The summed E-state index contributed by atoms with van der Waals surface area (Å²) in [5.74, 6) is 0.677. The molecule has 0 atom stereocenters. The number of hydrogen-bond acceptors (Lipinski definition) is 4. The lowest BCUT2D eigenvalue weighted by Crippen LogP contribution is -2.62. The molecule has 1 fully saturated rings. The summed E-state index contributed by atoms with van der Waals surface area (Å²) in [4.78, 5) is 0. The first-order chi connectivity index (χ1) is 9.97. The molecule has 0 aliphatic carbocycles. The fraction of sp³-hybridized carbons (Fsp3) is 1.00. The van der Waals surface area contributed by atoms with Crippen LogP contribution in [0.5, 0.6) is 0 Å². The van der Waals surface area contributed by atoms with Crippen molar-refractivity contribution >= 4 is 35.0 Å². The summed E-state index contributed by atoms with van der Waals surface area (Å²) in [7, 11) is -7.84. The van der Waals surface area contributed by atoms with E-state index in [0.29, 0.717) is 5.92 Å². The zero-order valence-electron chi connectivity index (χ0n) is 15.7. The van der Waals surface area contributed by atoms with Crippen molar-refractivity contribution in [1.29, 1.82) is 0 Å². The molecule has 0 spiro atoms. The van der Waals surface area contributed by atoms with Crippen molar-refractivity contribution in [1.82, 2.24) is 0 Å². The smallest absolute Gasteiger partial charge is 0.365 e. The van der Waals surface area contributed by atoms with Gasteiger partial charge in [0, 0.05) is 0 Å². The fourth-order valence-corrected chi connectivity index (χ4v) is 21.1. The highest BCUT2D eigenvalue weighted by Gasteiger charge is 2.49. The number of rotatable bonds is 6. The number of hydrogen-bond donors (Lipinski definition) is 0. The van der Waals surface area contributed by atoms with Crippen LogP contribution in [0.2, 0.25) is 44.8 Å². The Bertz CT molecular complexity index is 330. The van der Waals surface area contributed by atoms with Gasteiger partial charge in [0.15, 0.2) is 0 Å². The summed E-state index contributed by atoms with van der Waals surface area (Å²) in [6.45, 7) is 17.5. The Labute approximate surface area is 142 Å². The average Bonchev–Trinajstić information content (AvgIpc) is 2.29. The Balaban J connectivity index is 2.85. The van der Waals surface area contributed by atoms with Crippen LogP contribution in [0.1, 0.15) is 40.0 Å². The second-order valence-electron chi connectivity index (χ2n) is 7.75. The first-order valence-corrected chi connectivity index (χ1v) is 18.3. The molecule has 131 valence electrons. The van der Waals surface area contributed by atoms with Gasteiger partial charge in [-0.15, -0.1) is 0 Å². The van der Waals surface area contributed by atoms with Crippen LogP contribution in [0, 0.1) is 5.92 Å². The van der Waals surface area contributed by atoms with Crippen molar-refractivity contribution in [3.05, 3.63) is 0 Å². The third-order valence-corrected chi connectivity index (χ3v) is 18.7. The SMILES string of the molecule is CCCC[Si]1(C)O[Si](C)(C)O[Si](CCC(C)C)O[Si](C)(C)O1. The van der Waals surface area contributed by atoms with E-state index in [-0.39, 0.29) is 0 Å². The van der Waals surface area contributed by atoms with E-state index >= 15 is 0 Å². The maximum atomic E-state index is 6.55. The topological polar surface area (TPSA) is 36.9 Å². The Morgan fingerprint density at radius 2 is 1.41 bits per heavy atom. The van der Waals surface area contributed by atoms with Gasteiger partial charge in [-0.2, -0.15) is 0 Å². The van der Waals surface area contributed by atoms with Crippen molar-refractivity contribution in [2.24, 2.45) is 5.92 Å². The predicted molar refractivity (Wildman–Crippen MR) is 101 cm³/mol. The standard InChI is InChI=1S/C14H35O4Si4/c1-9-10-13-22(8)17-20(4,5)15-19(12-11-14(2)3)16-21(6,7)18-22/h14H,9-13H2,1-8H3. The minimum absolute atomic E-state index is 0.677. The third kappa shape index (κ3) is 7.52. The molecule has 0 aromatic carbocycles. The largest absolute Gasteiger partial charge is 0.416 e. The van der Waals surface area contributed by atoms with Gasteiger partial charge >= 0.3 is 35.0 Å². The molecular formula is C14H35O4Si4. The first kappa shape index (κ1) is 20.8. The fourth-order valence-electron chi connectivity index (χ4n) is 2.78. The molecule has 1 heterocycles. The molecule has 22 heavy (non-hydrogen) atoms. The van der Waals surface area contributed by atoms with Gasteiger partial charge < -0.3 is 16.5 Å².